The lowest BCUT2D eigenvalue weighted by Gasteiger charge is -2.36. The van der Waals surface area contributed by atoms with E-state index in [0.29, 0.717) is 6.04 Å². The van der Waals surface area contributed by atoms with Gasteiger partial charge in [-0.1, -0.05) is 31.2 Å². The standard InChI is InChI=1S/C17H28N2/c1-4-18-13-16-9-11-19(12-10-16)15(3)17-8-6-5-7-14(17)2/h5-8,15-16,18H,4,9-13H2,1-3H3. The Morgan fingerprint density at radius 2 is 1.95 bits per heavy atom. The van der Waals surface area contributed by atoms with Crippen molar-refractivity contribution in [1.29, 1.82) is 0 Å². The van der Waals surface area contributed by atoms with E-state index in [1.54, 1.807) is 0 Å². The number of aryl methyl sites for hydroxylation is 1. The molecule has 0 aromatic heterocycles. The number of hydrogen-bond donors (Lipinski definition) is 1. The minimum atomic E-state index is 0.557. The van der Waals surface area contributed by atoms with Crippen LogP contribution >= 0.6 is 0 Å². The van der Waals surface area contributed by atoms with Crippen LogP contribution in [0.4, 0.5) is 0 Å². The summed E-state index contributed by atoms with van der Waals surface area (Å²) < 4.78 is 0. The van der Waals surface area contributed by atoms with Crippen molar-refractivity contribution in [2.75, 3.05) is 26.2 Å². The summed E-state index contributed by atoms with van der Waals surface area (Å²) in [6.07, 6.45) is 2.67. The Bertz CT molecular complexity index is 381. The molecule has 1 unspecified atom stereocenters. The van der Waals surface area contributed by atoms with Gasteiger partial charge >= 0.3 is 0 Å². The predicted octanol–water partition coefficient (Wildman–Crippen LogP) is 3.38. The van der Waals surface area contributed by atoms with Gasteiger partial charge in [0.15, 0.2) is 0 Å². The maximum absolute atomic E-state index is 3.48. The topological polar surface area (TPSA) is 15.3 Å². The van der Waals surface area contributed by atoms with Gasteiger partial charge in [-0.2, -0.15) is 0 Å². The first-order valence-corrected chi connectivity index (χ1v) is 7.72. The van der Waals surface area contributed by atoms with E-state index in [0.717, 1.165) is 12.5 Å². The number of benzene rings is 1. The molecule has 1 fully saturated rings. The molecule has 1 aromatic carbocycles. The SMILES string of the molecule is CCNCC1CCN(C(C)c2ccccc2C)CC1. The number of likely N-dealkylation sites (tertiary alicyclic amines) is 1. The van der Waals surface area contributed by atoms with Gasteiger partial charge < -0.3 is 5.32 Å². The molecule has 1 aromatic rings. The van der Waals surface area contributed by atoms with Crippen molar-refractivity contribution in [3.8, 4) is 0 Å². The molecule has 19 heavy (non-hydrogen) atoms. The van der Waals surface area contributed by atoms with Crippen molar-refractivity contribution in [2.45, 2.75) is 39.7 Å². The van der Waals surface area contributed by atoms with E-state index in [9.17, 15) is 0 Å². The zero-order valence-electron chi connectivity index (χ0n) is 12.7. The van der Waals surface area contributed by atoms with Crippen LogP contribution in [0.2, 0.25) is 0 Å². The van der Waals surface area contributed by atoms with Gasteiger partial charge in [0.25, 0.3) is 0 Å². The van der Waals surface area contributed by atoms with Crippen LogP contribution in [0, 0.1) is 12.8 Å². The van der Waals surface area contributed by atoms with Crippen molar-refractivity contribution in [3.05, 3.63) is 35.4 Å². The van der Waals surface area contributed by atoms with Crippen LogP contribution in [0.3, 0.4) is 0 Å². The van der Waals surface area contributed by atoms with Crippen LogP contribution in [0.5, 0.6) is 0 Å². The minimum Gasteiger partial charge on any atom is -0.317 e. The fourth-order valence-corrected chi connectivity index (χ4v) is 3.15. The Labute approximate surface area is 118 Å². The molecule has 2 heteroatoms. The average Bonchev–Trinajstić information content (AvgIpc) is 2.45. The van der Waals surface area contributed by atoms with Gasteiger partial charge in [0, 0.05) is 6.04 Å². The molecule has 1 heterocycles. The third-order valence-corrected chi connectivity index (χ3v) is 4.52. The minimum absolute atomic E-state index is 0.557. The van der Waals surface area contributed by atoms with E-state index in [1.165, 1.54) is 43.6 Å². The second-order valence-corrected chi connectivity index (χ2v) is 5.82. The molecule has 1 saturated heterocycles. The lowest BCUT2D eigenvalue weighted by atomic mass is 9.93. The smallest absolute Gasteiger partial charge is 0.0322 e. The highest BCUT2D eigenvalue weighted by Gasteiger charge is 2.23. The Morgan fingerprint density at radius 3 is 2.58 bits per heavy atom. The van der Waals surface area contributed by atoms with Gasteiger partial charge in [-0.05, 0) is 69.9 Å². The summed E-state index contributed by atoms with van der Waals surface area (Å²) >= 11 is 0. The Kier molecular flexibility index (Phi) is 5.41. The molecular formula is C17H28N2. The zero-order valence-corrected chi connectivity index (χ0v) is 12.7. The zero-order chi connectivity index (χ0) is 13.7. The fourth-order valence-electron chi connectivity index (χ4n) is 3.15. The third kappa shape index (κ3) is 3.80. The Hall–Kier alpha value is -0.860. The van der Waals surface area contributed by atoms with Crippen LogP contribution < -0.4 is 5.32 Å². The van der Waals surface area contributed by atoms with Gasteiger partial charge in [0.1, 0.15) is 0 Å². The van der Waals surface area contributed by atoms with Crippen LogP contribution in [0.25, 0.3) is 0 Å². The van der Waals surface area contributed by atoms with Gasteiger partial charge in [0.2, 0.25) is 0 Å². The maximum atomic E-state index is 3.48. The van der Waals surface area contributed by atoms with Crippen LogP contribution in [0.1, 0.15) is 43.9 Å². The summed E-state index contributed by atoms with van der Waals surface area (Å²) in [5.74, 6) is 0.875. The fraction of sp³-hybridized carbons (Fsp3) is 0.647. The van der Waals surface area contributed by atoms with E-state index in [4.69, 9.17) is 0 Å². The molecule has 1 aliphatic rings. The summed E-state index contributed by atoms with van der Waals surface area (Å²) in [5.41, 5.74) is 2.91. The quantitative estimate of drug-likeness (QED) is 0.873. The highest BCUT2D eigenvalue weighted by molar-refractivity contribution is 5.28. The highest BCUT2D eigenvalue weighted by Crippen LogP contribution is 2.27. The van der Waals surface area contributed by atoms with Gasteiger partial charge in [-0.25, -0.2) is 0 Å². The monoisotopic (exact) mass is 260 g/mol. The van der Waals surface area contributed by atoms with Crippen molar-refractivity contribution < 1.29 is 0 Å². The first-order valence-electron chi connectivity index (χ1n) is 7.72. The average molecular weight is 260 g/mol. The Balaban J connectivity index is 1.89. The molecule has 2 nitrogen and oxygen atoms in total. The molecule has 0 saturated carbocycles. The van der Waals surface area contributed by atoms with E-state index in [2.05, 4.69) is 55.3 Å². The number of nitrogens with zero attached hydrogens (tertiary/aromatic N) is 1. The molecule has 1 atom stereocenters. The Morgan fingerprint density at radius 1 is 1.26 bits per heavy atom. The van der Waals surface area contributed by atoms with Gasteiger partial charge in [-0.15, -0.1) is 0 Å². The van der Waals surface area contributed by atoms with Gasteiger partial charge in [0.05, 0.1) is 0 Å². The first-order chi connectivity index (χ1) is 9.22. The van der Waals surface area contributed by atoms with Crippen LogP contribution in [-0.2, 0) is 0 Å². The molecule has 1 N–H and O–H groups in total. The van der Waals surface area contributed by atoms with E-state index >= 15 is 0 Å². The number of nitrogens with one attached hydrogen (secondary N) is 1. The number of piperidine rings is 1. The molecule has 1 aliphatic heterocycles. The molecule has 0 amide bonds. The summed E-state index contributed by atoms with van der Waals surface area (Å²) in [4.78, 5) is 2.64. The molecular weight excluding hydrogens is 232 g/mol. The summed E-state index contributed by atoms with van der Waals surface area (Å²) in [5, 5.41) is 3.48. The second kappa shape index (κ2) is 7.06. The second-order valence-electron chi connectivity index (χ2n) is 5.82. The molecule has 0 aliphatic carbocycles. The van der Waals surface area contributed by atoms with Crippen LogP contribution in [-0.4, -0.2) is 31.1 Å². The van der Waals surface area contributed by atoms with Crippen LogP contribution in [0.15, 0.2) is 24.3 Å². The molecule has 0 radical (unpaired) electrons. The molecule has 0 bridgehead atoms. The molecule has 2 rings (SSSR count). The van der Waals surface area contributed by atoms with Crippen molar-refractivity contribution in [3.63, 3.8) is 0 Å². The largest absolute Gasteiger partial charge is 0.317 e. The van der Waals surface area contributed by atoms with Gasteiger partial charge in [-0.3, -0.25) is 4.90 Å². The lowest BCUT2D eigenvalue weighted by Crippen LogP contribution is -2.38. The highest BCUT2D eigenvalue weighted by atomic mass is 15.2. The van der Waals surface area contributed by atoms with Crippen molar-refractivity contribution >= 4 is 0 Å². The first kappa shape index (κ1) is 14.5. The molecule has 106 valence electrons. The van der Waals surface area contributed by atoms with E-state index in [1.807, 2.05) is 0 Å². The normalized spacial score (nSPS) is 19.5. The third-order valence-electron chi connectivity index (χ3n) is 4.52. The number of rotatable bonds is 5. The lowest BCUT2D eigenvalue weighted by molar-refractivity contribution is 0.140. The molecule has 0 spiro atoms. The summed E-state index contributed by atoms with van der Waals surface area (Å²) in [7, 11) is 0. The predicted molar refractivity (Wildman–Crippen MR) is 82.4 cm³/mol. The van der Waals surface area contributed by atoms with E-state index in [-0.39, 0.29) is 0 Å². The summed E-state index contributed by atoms with van der Waals surface area (Å²) in [6, 6.07) is 9.36. The van der Waals surface area contributed by atoms with Crippen molar-refractivity contribution in [1.82, 2.24) is 10.2 Å². The maximum Gasteiger partial charge on any atom is 0.0322 e. The summed E-state index contributed by atoms with van der Waals surface area (Å²) in [6.45, 7) is 11.5. The van der Waals surface area contributed by atoms with E-state index < -0.39 is 0 Å². The van der Waals surface area contributed by atoms with Crippen molar-refractivity contribution in [2.24, 2.45) is 5.92 Å². The number of hydrogen-bond acceptors (Lipinski definition) is 2.